The molecule has 2 aromatic rings. The molecular weight excluding hydrogens is 416 g/mol. The Labute approximate surface area is 187 Å². The molecule has 1 aliphatic carbocycles. The first-order chi connectivity index (χ1) is 14.6. The molecule has 0 atom stereocenters. The summed E-state index contributed by atoms with van der Waals surface area (Å²) < 4.78 is 1.61. The van der Waals surface area contributed by atoms with Gasteiger partial charge in [0.1, 0.15) is 5.15 Å². The number of Topliss-reactive ketones (excluding diaryl/α,β-unsaturated/α-hetero) is 1. The normalized spacial score (nSPS) is 18.5. The molecule has 0 saturated heterocycles. The van der Waals surface area contributed by atoms with Crippen LogP contribution in [-0.4, -0.2) is 33.2 Å². The van der Waals surface area contributed by atoms with E-state index in [4.69, 9.17) is 11.6 Å². The molecule has 1 saturated carbocycles. The van der Waals surface area contributed by atoms with Crippen LogP contribution in [0, 0.1) is 26.7 Å². The molecule has 7 nitrogen and oxygen atoms in total. The Morgan fingerprint density at radius 1 is 1.10 bits per heavy atom. The summed E-state index contributed by atoms with van der Waals surface area (Å²) in [7, 11) is 1.69. The van der Waals surface area contributed by atoms with Crippen molar-refractivity contribution < 1.29 is 14.4 Å². The smallest absolute Gasteiger partial charge is 0.294 e. The summed E-state index contributed by atoms with van der Waals surface area (Å²) in [6.45, 7) is 7.43. The summed E-state index contributed by atoms with van der Waals surface area (Å²) in [5.74, 6) is -0.954. The number of nitrogens with zero attached hydrogens (tertiary/aromatic N) is 2. The van der Waals surface area contributed by atoms with E-state index in [-0.39, 0.29) is 22.8 Å². The molecule has 0 aromatic carbocycles. The molecule has 8 heteroatoms. The summed E-state index contributed by atoms with van der Waals surface area (Å²) in [5, 5.41) is 5.97. The van der Waals surface area contributed by atoms with Gasteiger partial charge in [0.25, 0.3) is 17.6 Å². The van der Waals surface area contributed by atoms with Gasteiger partial charge in [-0.3, -0.25) is 14.4 Å². The zero-order valence-electron chi connectivity index (χ0n) is 18.6. The molecule has 2 N–H and O–H groups in total. The Hall–Kier alpha value is -2.67. The minimum Gasteiger partial charge on any atom is -0.346 e. The minimum absolute atomic E-state index is 0.0248. The average molecular weight is 445 g/mol. The first-order valence-corrected chi connectivity index (χ1v) is 10.9. The Bertz CT molecular complexity index is 1020. The highest BCUT2D eigenvalue weighted by Crippen LogP contribution is 2.26. The van der Waals surface area contributed by atoms with Crippen LogP contribution in [0.1, 0.15) is 70.4 Å². The number of aryl methyl sites for hydroxylation is 1. The fraction of sp³-hybridized carbons (Fsp3) is 0.478. The van der Waals surface area contributed by atoms with Crippen LogP contribution >= 0.6 is 11.6 Å². The van der Waals surface area contributed by atoms with Crippen molar-refractivity contribution >= 4 is 34.9 Å². The largest absolute Gasteiger partial charge is 0.346 e. The molecule has 3 rings (SSSR count). The van der Waals surface area contributed by atoms with E-state index in [1.54, 1.807) is 44.5 Å². The Morgan fingerprint density at radius 2 is 1.74 bits per heavy atom. The maximum atomic E-state index is 13.0. The molecule has 2 heterocycles. The van der Waals surface area contributed by atoms with Crippen LogP contribution in [0.5, 0.6) is 0 Å². The molecule has 2 amide bonds. The van der Waals surface area contributed by atoms with E-state index in [2.05, 4.69) is 22.5 Å². The van der Waals surface area contributed by atoms with Gasteiger partial charge in [0.2, 0.25) is 0 Å². The summed E-state index contributed by atoms with van der Waals surface area (Å²) in [5.41, 5.74) is 2.88. The van der Waals surface area contributed by atoms with Crippen molar-refractivity contribution in [1.29, 1.82) is 0 Å². The standard InChI is InChI=1S/C23H29ClN4O3/c1-12-6-8-16(9-7-12)26-23(31)21(29)20-14(3)19(15(4)28(20)5)22(30)27-17-10-13(2)25-18(24)11-17/h10-12,16H,6-9H2,1-5H3,(H,26,31)(H,25,27,30). The third kappa shape index (κ3) is 4.98. The first-order valence-electron chi connectivity index (χ1n) is 10.5. The third-order valence-electron chi connectivity index (χ3n) is 6.11. The predicted octanol–water partition coefficient (Wildman–Crippen LogP) is 4.13. The molecule has 2 aromatic heterocycles. The van der Waals surface area contributed by atoms with Gasteiger partial charge in [-0.25, -0.2) is 4.98 Å². The second-order valence-corrected chi connectivity index (χ2v) is 8.91. The van der Waals surface area contributed by atoms with Gasteiger partial charge in [0.05, 0.1) is 11.3 Å². The molecule has 0 aliphatic heterocycles. The molecule has 0 bridgehead atoms. The molecular formula is C23H29ClN4O3. The van der Waals surface area contributed by atoms with Gasteiger partial charge in [-0.05, 0) is 70.1 Å². The molecule has 0 radical (unpaired) electrons. The maximum Gasteiger partial charge on any atom is 0.294 e. The maximum absolute atomic E-state index is 13.0. The van der Waals surface area contributed by atoms with Crippen molar-refractivity contribution in [2.24, 2.45) is 13.0 Å². The van der Waals surface area contributed by atoms with Gasteiger partial charge in [-0.2, -0.15) is 0 Å². The van der Waals surface area contributed by atoms with Crippen LogP contribution in [0.15, 0.2) is 12.1 Å². The number of hydrogen-bond acceptors (Lipinski definition) is 4. The Morgan fingerprint density at radius 3 is 2.35 bits per heavy atom. The van der Waals surface area contributed by atoms with E-state index in [9.17, 15) is 14.4 Å². The highest BCUT2D eigenvalue weighted by atomic mass is 35.5. The second kappa shape index (κ2) is 9.22. The predicted molar refractivity (Wildman–Crippen MR) is 121 cm³/mol. The first kappa shape index (κ1) is 23.0. The number of rotatable bonds is 5. The van der Waals surface area contributed by atoms with Gasteiger partial charge in [-0.1, -0.05) is 18.5 Å². The van der Waals surface area contributed by atoms with Crippen LogP contribution in [0.4, 0.5) is 5.69 Å². The highest BCUT2D eigenvalue weighted by Gasteiger charge is 2.30. The molecule has 1 fully saturated rings. The summed E-state index contributed by atoms with van der Waals surface area (Å²) in [6.07, 6.45) is 3.86. The number of nitrogens with one attached hydrogen (secondary N) is 2. The number of ketones is 1. The molecule has 31 heavy (non-hydrogen) atoms. The summed E-state index contributed by atoms with van der Waals surface area (Å²) >= 11 is 5.98. The van der Waals surface area contributed by atoms with Crippen molar-refractivity contribution in [2.45, 2.75) is 59.4 Å². The number of halogens is 1. The van der Waals surface area contributed by atoms with E-state index in [1.165, 1.54) is 0 Å². The number of aromatic nitrogens is 2. The second-order valence-electron chi connectivity index (χ2n) is 8.53. The number of anilines is 1. The lowest BCUT2D eigenvalue weighted by Crippen LogP contribution is -2.41. The van der Waals surface area contributed by atoms with Crippen LogP contribution in [-0.2, 0) is 11.8 Å². The average Bonchev–Trinajstić information content (AvgIpc) is 2.90. The van der Waals surface area contributed by atoms with E-state index in [1.807, 2.05) is 0 Å². The quantitative estimate of drug-likeness (QED) is 0.412. The third-order valence-corrected chi connectivity index (χ3v) is 6.30. The van der Waals surface area contributed by atoms with Crippen LogP contribution in [0.25, 0.3) is 0 Å². The van der Waals surface area contributed by atoms with Gasteiger partial charge in [0, 0.05) is 30.2 Å². The number of pyridine rings is 1. The van der Waals surface area contributed by atoms with Gasteiger partial charge < -0.3 is 15.2 Å². The van der Waals surface area contributed by atoms with Gasteiger partial charge in [0.15, 0.2) is 0 Å². The van der Waals surface area contributed by atoms with Crippen molar-refractivity contribution in [3.63, 3.8) is 0 Å². The zero-order chi connectivity index (χ0) is 22.9. The number of hydrogen-bond donors (Lipinski definition) is 2. The number of carbonyl (C=O) groups excluding carboxylic acids is 3. The fourth-order valence-corrected chi connectivity index (χ4v) is 4.54. The number of carbonyl (C=O) groups is 3. The number of amides is 2. The van der Waals surface area contributed by atoms with Crippen molar-refractivity contribution in [1.82, 2.24) is 14.9 Å². The van der Waals surface area contributed by atoms with Crippen LogP contribution < -0.4 is 10.6 Å². The summed E-state index contributed by atoms with van der Waals surface area (Å²) in [4.78, 5) is 42.7. The highest BCUT2D eigenvalue weighted by molar-refractivity contribution is 6.43. The van der Waals surface area contributed by atoms with Crippen LogP contribution in [0.2, 0.25) is 5.15 Å². The molecule has 1 aliphatic rings. The Balaban J connectivity index is 1.81. The van der Waals surface area contributed by atoms with Gasteiger partial charge >= 0.3 is 0 Å². The van der Waals surface area contributed by atoms with E-state index in [0.29, 0.717) is 34.1 Å². The lowest BCUT2D eigenvalue weighted by atomic mass is 9.87. The zero-order valence-corrected chi connectivity index (χ0v) is 19.4. The topological polar surface area (TPSA) is 93.1 Å². The van der Waals surface area contributed by atoms with Crippen molar-refractivity contribution in [3.05, 3.63) is 45.5 Å². The molecule has 0 unspecified atom stereocenters. The van der Waals surface area contributed by atoms with Gasteiger partial charge in [-0.15, -0.1) is 0 Å². The van der Waals surface area contributed by atoms with Crippen molar-refractivity contribution in [3.8, 4) is 0 Å². The molecule has 166 valence electrons. The SMILES string of the molecule is Cc1cc(NC(=O)c2c(C)c(C(=O)C(=O)NC3CCC(C)CC3)n(C)c2C)cc(Cl)n1. The van der Waals surface area contributed by atoms with E-state index in [0.717, 1.165) is 25.7 Å². The lowest BCUT2D eigenvalue weighted by molar-refractivity contribution is -0.118. The van der Waals surface area contributed by atoms with Crippen LogP contribution in [0.3, 0.4) is 0 Å². The fourth-order valence-electron chi connectivity index (χ4n) is 4.29. The summed E-state index contributed by atoms with van der Waals surface area (Å²) in [6, 6.07) is 3.30. The monoisotopic (exact) mass is 444 g/mol. The minimum atomic E-state index is -0.622. The Kier molecular flexibility index (Phi) is 6.84. The van der Waals surface area contributed by atoms with Crippen molar-refractivity contribution in [2.75, 3.05) is 5.32 Å². The molecule has 0 spiro atoms. The van der Waals surface area contributed by atoms with E-state index >= 15 is 0 Å². The van der Waals surface area contributed by atoms with E-state index < -0.39 is 11.7 Å². The lowest BCUT2D eigenvalue weighted by Gasteiger charge is -2.26.